The third-order valence-electron chi connectivity index (χ3n) is 2.53. The van der Waals surface area contributed by atoms with Crippen molar-refractivity contribution in [1.82, 2.24) is 4.98 Å². The van der Waals surface area contributed by atoms with Crippen molar-refractivity contribution in [3.63, 3.8) is 0 Å². The monoisotopic (exact) mass is 291 g/mol. The van der Waals surface area contributed by atoms with E-state index in [2.05, 4.69) is 20.4 Å². The average molecular weight is 291 g/mol. The highest BCUT2D eigenvalue weighted by Gasteiger charge is 2.11. The van der Waals surface area contributed by atoms with E-state index < -0.39 is 6.09 Å². The van der Waals surface area contributed by atoms with Crippen LogP contribution in [0.2, 0.25) is 0 Å². The summed E-state index contributed by atoms with van der Waals surface area (Å²) in [6.45, 7) is 1.79. The molecular formula is C13H13N3O3S. The number of thiazole rings is 1. The molecule has 1 heterocycles. The lowest BCUT2D eigenvalue weighted by atomic mass is 10.2. The topological polar surface area (TPSA) is 80.3 Å². The van der Waals surface area contributed by atoms with Crippen LogP contribution in [0.3, 0.4) is 0 Å². The second kappa shape index (κ2) is 6.16. The number of methoxy groups -OCH3 is 1. The molecule has 0 saturated heterocycles. The number of carbonyl (C=O) groups excluding carboxylic acids is 2. The molecule has 0 aliphatic carbocycles. The van der Waals surface area contributed by atoms with Gasteiger partial charge in [-0.05, 0) is 31.2 Å². The molecule has 0 atom stereocenters. The summed E-state index contributed by atoms with van der Waals surface area (Å²) in [5.74, 6) is -0.196. The van der Waals surface area contributed by atoms with Crippen molar-refractivity contribution < 1.29 is 14.3 Å². The molecule has 6 nitrogen and oxygen atoms in total. The maximum Gasteiger partial charge on any atom is 0.411 e. The zero-order chi connectivity index (χ0) is 14.5. The summed E-state index contributed by atoms with van der Waals surface area (Å²) in [6.07, 6.45) is -0.540. The van der Waals surface area contributed by atoms with Crippen LogP contribution in [0.25, 0.3) is 0 Å². The molecule has 104 valence electrons. The van der Waals surface area contributed by atoms with Gasteiger partial charge in [0.25, 0.3) is 5.91 Å². The number of aryl methyl sites for hydroxylation is 1. The largest absolute Gasteiger partial charge is 0.453 e. The summed E-state index contributed by atoms with van der Waals surface area (Å²) in [5, 5.41) is 5.29. The van der Waals surface area contributed by atoms with E-state index in [1.165, 1.54) is 18.4 Å². The minimum absolute atomic E-state index is 0.196. The Labute approximate surface area is 119 Å². The van der Waals surface area contributed by atoms with Crippen LogP contribution in [0.5, 0.6) is 0 Å². The van der Waals surface area contributed by atoms with Crippen LogP contribution in [-0.4, -0.2) is 24.1 Å². The van der Waals surface area contributed by atoms with Gasteiger partial charge in [-0.25, -0.2) is 9.78 Å². The van der Waals surface area contributed by atoms with Crippen LogP contribution in [0.4, 0.5) is 16.2 Å². The first kappa shape index (κ1) is 14.0. The van der Waals surface area contributed by atoms with Gasteiger partial charge in [-0.3, -0.25) is 10.1 Å². The first-order chi connectivity index (χ1) is 9.60. The number of hydrogen-bond donors (Lipinski definition) is 2. The Morgan fingerprint density at radius 1 is 1.15 bits per heavy atom. The zero-order valence-electron chi connectivity index (χ0n) is 11.0. The minimum atomic E-state index is -0.540. The molecule has 7 heteroatoms. The van der Waals surface area contributed by atoms with Crippen LogP contribution in [-0.2, 0) is 4.74 Å². The third kappa shape index (κ3) is 3.33. The molecule has 0 aliphatic rings. The summed E-state index contributed by atoms with van der Waals surface area (Å²) in [6, 6.07) is 6.73. The van der Waals surface area contributed by atoms with Crippen LogP contribution in [0, 0.1) is 6.92 Å². The van der Waals surface area contributed by atoms with Crippen molar-refractivity contribution in [2.45, 2.75) is 6.92 Å². The van der Waals surface area contributed by atoms with Crippen molar-refractivity contribution in [3.05, 3.63) is 40.3 Å². The lowest BCUT2D eigenvalue weighted by Crippen LogP contribution is -2.12. The van der Waals surface area contributed by atoms with Gasteiger partial charge in [0, 0.05) is 11.4 Å². The second-order valence-corrected chi connectivity index (χ2v) is 4.77. The molecule has 2 aromatic rings. The number of aromatic nitrogens is 1. The molecule has 0 radical (unpaired) electrons. The zero-order valence-corrected chi connectivity index (χ0v) is 11.8. The van der Waals surface area contributed by atoms with Crippen molar-refractivity contribution in [2.75, 3.05) is 17.7 Å². The van der Waals surface area contributed by atoms with Gasteiger partial charge in [0.05, 0.1) is 18.3 Å². The van der Waals surface area contributed by atoms with E-state index in [-0.39, 0.29) is 5.91 Å². The predicted molar refractivity (Wildman–Crippen MR) is 77.3 cm³/mol. The molecule has 2 rings (SSSR count). The Hall–Kier alpha value is -2.41. The maximum absolute atomic E-state index is 12.0. The van der Waals surface area contributed by atoms with E-state index in [0.29, 0.717) is 21.9 Å². The Morgan fingerprint density at radius 3 is 2.25 bits per heavy atom. The summed E-state index contributed by atoms with van der Waals surface area (Å²) >= 11 is 1.29. The number of ether oxygens (including phenoxy) is 1. The van der Waals surface area contributed by atoms with Gasteiger partial charge in [0.1, 0.15) is 4.88 Å². The van der Waals surface area contributed by atoms with E-state index in [0.717, 1.165) is 0 Å². The fourth-order valence-corrected chi connectivity index (χ4v) is 2.21. The van der Waals surface area contributed by atoms with Crippen LogP contribution < -0.4 is 10.6 Å². The summed E-state index contributed by atoms with van der Waals surface area (Å²) < 4.78 is 4.49. The van der Waals surface area contributed by atoms with E-state index in [9.17, 15) is 9.59 Å². The summed E-state index contributed by atoms with van der Waals surface area (Å²) in [4.78, 5) is 27.6. The molecule has 2 N–H and O–H groups in total. The number of nitrogens with one attached hydrogen (secondary N) is 2. The smallest absolute Gasteiger partial charge is 0.411 e. The molecule has 1 aromatic carbocycles. The normalized spacial score (nSPS) is 9.90. The maximum atomic E-state index is 12.0. The first-order valence-electron chi connectivity index (χ1n) is 5.76. The fourth-order valence-electron chi connectivity index (χ4n) is 1.51. The Morgan fingerprint density at radius 2 is 1.75 bits per heavy atom. The fraction of sp³-hybridized carbons (Fsp3) is 0.154. The van der Waals surface area contributed by atoms with Crippen molar-refractivity contribution >= 4 is 34.7 Å². The van der Waals surface area contributed by atoms with E-state index in [1.54, 1.807) is 36.7 Å². The molecule has 0 saturated carbocycles. The Balaban J connectivity index is 2.02. The van der Waals surface area contributed by atoms with Gasteiger partial charge < -0.3 is 10.1 Å². The highest BCUT2D eigenvalue weighted by atomic mass is 32.1. The van der Waals surface area contributed by atoms with Crippen molar-refractivity contribution in [1.29, 1.82) is 0 Å². The van der Waals surface area contributed by atoms with Crippen LogP contribution in [0.15, 0.2) is 29.8 Å². The highest BCUT2D eigenvalue weighted by Crippen LogP contribution is 2.17. The van der Waals surface area contributed by atoms with Crippen LogP contribution in [0.1, 0.15) is 15.4 Å². The standard InChI is InChI=1S/C13H13N3O3S/c1-8-11(20-7-14-8)12(17)15-9-3-5-10(6-4-9)16-13(18)19-2/h3-7H,1-2H3,(H,15,17)(H,16,18). The molecule has 0 spiro atoms. The number of anilines is 2. The highest BCUT2D eigenvalue weighted by molar-refractivity contribution is 7.12. The van der Waals surface area contributed by atoms with E-state index in [1.807, 2.05) is 0 Å². The third-order valence-corrected chi connectivity index (χ3v) is 3.45. The number of amides is 2. The summed E-state index contributed by atoms with van der Waals surface area (Å²) in [7, 11) is 1.29. The van der Waals surface area contributed by atoms with Gasteiger partial charge >= 0.3 is 6.09 Å². The molecule has 2 amide bonds. The molecule has 1 aromatic heterocycles. The first-order valence-corrected chi connectivity index (χ1v) is 6.64. The summed E-state index contributed by atoms with van der Waals surface area (Å²) in [5.41, 5.74) is 3.56. The molecule has 0 aliphatic heterocycles. The number of nitrogens with zero attached hydrogens (tertiary/aromatic N) is 1. The lowest BCUT2D eigenvalue weighted by molar-refractivity contribution is 0.102. The Bertz CT molecular complexity index is 622. The second-order valence-electron chi connectivity index (χ2n) is 3.91. The van der Waals surface area contributed by atoms with Crippen LogP contribution >= 0.6 is 11.3 Å². The average Bonchev–Trinajstić information content (AvgIpc) is 2.87. The van der Waals surface area contributed by atoms with Crippen molar-refractivity contribution in [3.8, 4) is 0 Å². The van der Waals surface area contributed by atoms with E-state index in [4.69, 9.17) is 0 Å². The molecular weight excluding hydrogens is 278 g/mol. The van der Waals surface area contributed by atoms with Gasteiger partial charge in [-0.1, -0.05) is 0 Å². The van der Waals surface area contributed by atoms with Crippen molar-refractivity contribution in [2.24, 2.45) is 0 Å². The molecule has 0 unspecified atom stereocenters. The van der Waals surface area contributed by atoms with Gasteiger partial charge in [-0.15, -0.1) is 11.3 Å². The quantitative estimate of drug-likeness (QED) is 0.911. The minimum Gasteiger partial charge on any atom is -0.453 e. The number of carbonyl (C=O) groups is 2. The van der Waals surface area contributed by atoms with E-state index >= 15 is 0 Å². The lowest BCUT2D eigenvalue weighted by Gasteiger charge is -2.06. The van der Waals surface area contributed by atoms with Gasteiger partial charge in [0.2, 0.25) is 0 Å². The number of hydrogen-bond acceptors (Lipinski definition) is 5. The number of benzene rings is 1. The molecule has 20 heavy (non-hydrogen) atoms. The van der Waals surface area contributed by atoms with Gasteiger partial charge in [-0.2, -0.15) is 0 Å². The Kier molecular flexibility index (Phi) is 4.31. The predicted octanol–water partition coefficient (Wildman–Crippen LogP) is 2.88. The number of rotatable bonds is 3. The van der Waals surface area contributed by atoms with Gasteiger partial charge in [0.15, 0.2) is 0 Å². The SMILES string of the molecule is COC(=O)Nc1ccc(NC(=O)c2scnc2C)cc1. The molecule has 0 fully saturated rings. The molecule has 0 bridgehead atoms.